The first-order chi connectivity index (χ1) is 13.0. The molecule has 1 aromatic carbocycles. The molecule has 146 valence electrons. The van der Waals surface area contributed by atoms with Gasteiger partial charge in [0.25, 0.3) is 5.91 Å². The second-order valence-electron chi connectivity index (χ2n) is 6.51. The number of benzene rings is 1. The van der Waals surface area contributed by atoms with Crippen LogP contribution in [-0.4, -0.2) is 24.6 Å². The average molecular weight is 371 g/mol. The molecule has 6 heteroatoms. The zero-order chi connectivity index (χ0) is 19.6. The van der Waals surface area contributed by atoms with Crippen LogP contribution in [-0.2, 0) is 11.3 Å². The SMILES string of the molecule is CCCCCCOc1cccc(NC(=O)c2cc(C)c(COC)nc2N)c1. The highest BCUT2D eigenvalue weighted by Gasteiger charge is 2.14. The van der Waals surface area contributed by atoms with Crippen molar-refractivity contribution in [3.8, 4) is 5.75 Å². The highest BCUT2D eigenvalue weighted by molar-refractivity contribution is 6.07. The Morgan fingerprint density at radius 3 is 2.78 bits per heavy atom. The molecule has 2 aromatic rings. The standard InChI is InChI=1S/C21H29N3O3/c1-4-5-6-7-11-27-17-10-8-9-16(13-17)23-21(25)18-12-15(2)19(14-26-3)24-20(18)22/h8-10,12-13H,4-7,11,14H2,1-3H3,(H2,22,24)(H,23,25). The van der Waals surface area contributed by atoms with Crippen molar-refractivity contribution in [3.63, 3.8) is 0 Å². The summed E-state index contributed by atoms with van der Waals surface area (Å²) in [5, 5.41) is 2.86. The number of pyridine rings is 1. The number of carbonyl (C=O) groups excluding carboxylic acids is 1. The fourth-order valence-corrected chi connectivity index (χ4v) is 2.71. The molecule has 0 saturated heterocycles. The van der Waals surface area contributed by atoms with E-state index in [-0.39, 0.29) is 11.7 Å². The molecule has 0 bridgehead atoms. The summed E-state index contributed by atoms with van der Waals surface area (Å²) in [6.45, 7) is 5.09. The van der Waals surface area contributed by atoms with E-state index in [9.17, 15) is 4.79 Å². The number of nitrogen functional groups attached to an aromatic ring is 1. The van der Waals surface area contributed by atoms with Gasteiger partial charge >= 0.3 is 0 Å². The van der Waals surface area contributed by atoms with Gasteiger partial charge in [0, 0.05) is 18.9 Å². The molecule has 0 radical (unpaired) electrons. The molecular formula is C21H29N3O3. The number of carbonyl (C=O) groups is 1. The Labute approximate surface area is 161 Å². The number of nitrogens with zero attached hydrogens (tertiary/aromatic N) is 1. The van der Waals surface area contributed by atoms with Crippen LogP contribution in [0.3, 0.4) is 0 Å². The quantitative estimate of drug-likeness (QED) is 0.607. The lowest BCUT2D eigenvalue weighted by Crippen LogP contribution is -2.16. The topological polar surface area (TPSA) is 86.5 Å². The van der Waals surface area contributed by atoms with Gasteiger partial charge in [-0.2, -0.15) is 0 Å². The number of aryl methyl sites for hydroxylation is 1. The molecule has 0 saturated carbocycles. The Kier molecular flexibility index (Phi) is 8.07. The number of nitrogens with two attached hydrogens (primary N) is 1. The second kappa shape index (κ2) is 10.5. The number of hydrogen-bond donors (Lipinski definition) is 2. The maximum atomic E-state index is 12.6. The second-order valence-corrected chi connectivity index (χ2v) is 6.51. The van der Waals surface area contributed by atoms with Gasteiger partial charge in [-0.1, -0.05) is 32.3 Å². The number of anilines is 2. The summed E-state index contributed by atoms with van der Waals surface area (Å²) in [6.07, 6.45) is 4.61. The molecule has 3 N–H and O–H groups in total. The molecule has 0 fully saturated rings. The van der Waals surface area contributed by atoms with E-state index < -0.39 is 0 Å². The van der Waals surface area contributed by atoms with Crippen molar-refractivity contribution in [2.24, 2.45) is 0 Å². The maximum absolute atomic E-state index is 12.6. The fourth-order valence-electron chi connectivity index (χ4n) is 2.71. The van der Waals surface area contributed by atoms with Gasteiger partial charge in [0.15, 0.2) is 0 Å². The van der Waals surface area contributed by atoms with E-state index >= 15 is 0 Å². The summed E-state index contributed by atoms with van der Waals surface area (Å²) >= 11 is 0. The summed E-state index contributed by atoms with van der Waals surface area (Å²) in [6, 6.07) is 9.10. The van der Waals surface area contributed by atoms with Gasteiger partial charge in [-0.25, -0.2) is 4.98 Å². The lowest BCUT2D eigenvalue weighted by Gasteiger charge is -2.12. The molecule has 6 nitrogen and oxygen atoms in total. The third-order valence-corrected chi connectivity index (χ3v) is 4.23. The first-order valence-corrected chi connectivity index (χ1v) is 9.34. The van der Waals surface area contributed by atoms with Crippen molar-refractivity contribution in [3.05, 3.63) is 47.2 Å². The van der Waals surface area contributed by atoms with Gasteiger partial charge in [0.1, 0.15) is 11.6 Å². The van der Waals surface area contributed by atoms with E-state index in [0.717, 1.165) is 29.8 Å². The van der Waals surface area contributed by atoms with Crippen LogP contribution in [0.5, 0.6) is 5.75 Å². The van der Waals surface area contributed by atoms with Crippen LogP contribution in [0, 0.1) is 6.92 Å². The summed E-state index contributed by atoms with van der Waals surface area (Å²) in [7, 11) is 1.59. The number of rotatable bonds is 10. The Morgan fingerprint density at radius 2 is 2.04 bits per heavy atom. The largest absolute Gasteiger partial charge is 0.494 e. The van der Waals surface area contributed by atoms with Crippen molar-refractivity contribution in [2.75, 3.05) is 24.8 Å². The van der Waals surface area contributed by atoms with E-state index in [1.807, 2.05) is 31.2 Å². The van der Waals surface area contributed by atoms with Crippen LogP contribution in [0.25, 0.3) is 0 Å². The smallest absolute Gasteiger partial charge is 0.259 e. The Bertz CT molecular complexity index is 762. The van der Waals surface area contributed by atoms with Crippen LogP contribution >= 0.6 is 0 Å². The van der Waals surface area contributed by atoms with E-state index in [4.69, 9.17) is 15.2 Å². The molecule has 0 atom stereocenters. The minimum atomic E-state index is -0.299. The summed E-state index contributed by atoms with van der Waals surface area (Å²) in [5.74, 6) is 0.627. The number of methoxy groups -OCH3 is 1. The average Bonchev–Trinajstić information content (AvgIpc) is 2.64. The van der Waals surface area contributed by atoms with Gasteiger partial charge in [-0.05, 0) is 37.1 Å². The predicted octanol–water partition coefficient (Wildman–Crippen LogP) is 4.33. The third-order valence-electron chi connectivity index (χ3n) is 4.23. The van der Waals surface area contributed by atoms with E-state index in [0.29, 0.717) is 24.5 Å². The molecule has 27 heavy (non-hydrogen) atoms. The highest BCUT2D eigenvalue weighted by atomic mass is 16.5. The van der Waals surface area contributed by atoms with Crippen LogP contribution < -0.4 is 15.8 Å². The Balaban J connectivity index is 2.01. The van der Waals surface area contributed by atoms with Crippen molar-refractivity contribution in [2.45, 2.75) is 46.1 Å². The predicted molar refractivity (Wildman–Crippen MR) is 108 cm³/mol. The Hall–Kier alpha value is -2.60. The first-order valence-electron chi connectivity index (χ1n) is 9.34. The van der Waals surface area contributed by atoms with Gasteiger partial charge in [-0.3, -0.25) is 4.79 Å². The molecule has 1 heterocycles. The van der Waals surface area contributed by atoms with Crippen molar-refractivity contribution in [1.82, 2.24) is 4.98 Å². The number of amides is 1. The molecule has 1 aromatic heterocycles. The number of nitrogens with one attached hydrogen (secondary N) is 1. The van der Waals surface area contributed by atoms with Crippen LogP contribution in [0.15, 0.2) is 30.3 Å². The minimum Gasteiger partial charge on any atom is -0.494 e. The molecule has 0 unspecified atom stereocenters. The molecule has 2 rings (SSSR count). The number of hydrogen-bond acceptors (Lipinski definition) is 5. The van der Waals surface area contributed by atoms with E-state index in [1.165, 1.54) is 12.8 Å². The van der Waals surface area contributed by atoms with E-state index in [2.05, 4.69) is 17.2 Å². The van der Waals surface area contributed by atoms with Crippen molar-refractivity contribution in [1.29, 1.82) is 0 Å². The Morgan fingerprint density at radius 1 is 1.22 bits per heavy atom. The molecule has 0 spiro atoms. The van der Waals surface area contributed by atoms with Crippen LogP contribution in [0.1, 0.15) is 54.2 Å². The molecule has 0 aliphatic carbocycles. The van der Waals surface area contributed by atoms with Gasteiger partial charge < -0.3 is 20.5 Å². The molecule has 0 aliphatic heterocycles. The first kappa shape index (κ1) is 20.7. The number of aromatic nitrogens is 1. The zero-order valence-corrected chi connectivity index (χ0v) is 16.4. The third kappa shape index (κ3) is 6.25. The molecular weight excluding hydrogens is 342 g/mol. The lowest BCUT2D eigenvalue weighted by atomic mass is 10.1. The fraction of sp³-hybridized carbons (Fsp3) is 0.429. The molecule has 1 amide bonds. The van der Waals surface area contributed by atoms with Gasteiger partial charge in [0.05, 0.1) is 24.5 Å². The normalized spacial score (nSPS) is 10.6. The van der Waals surface area contributed by atoms with Crippen molar-refractivity contribution < 1.29 is 14.3 Å². The highest BCUT2D eigenvalue weighted by Crippen LogP contribution is 2.21. The van der Waals surface area contributed by atoms with Gasteiger partial charge in [-0.15, -0.1) is 0 Å². The minimum absolute atomic E-state index is 0.188. The zero-order valence-electron chi connectivity index (χ0n) is 16.4. The lowest BCUT2D eigenvalue weighted by molar-refractivity contribution is 0.102. The van der Waals surface area contributed by atoms with Gasteiger partial charge in [0.2, 0.25) is 0 Å². The van der Waals surface area contributed by atoms with Crippen LogP contribution in [0.4, 0.5) is 11.5 Å². The van der Waals surface area contributed by atoms with Crippen molar-refractivity contribution >= 4 is 17.4 Å². The summed E-state index contributed by atoms with van der Waals surface area (Å²) in [4.78, 5) is 16.9. The summed E-state index contributed by atoms with van der Waals surface area (Å²) in [5.41, 5.74) is 8.55. The summed E-state index contributed by atoms with van der Waals surface area (Å²) < 4.78 is 10.9. The van der Waals surface area contributed by atoms with Crippen LogP contribution in [0.2, 0.25) is 0 Å². The number of unbranched alkanes of at least 4 members (excludes halogenated alkanes) is 3. The maximum Gasteiger partial charge on any atom is 0.259 e. The van der Waals surface area contributed by atoms with E-state index in [1.54, 1.807) is 13.2 Å². The molecule has 0 aliphatic rings. The monoisotopic (exact) mass is 371 g/mol. The number of ether oxygens (including phenoxy) is 2.